The van der Waals surface area contributed by atoms with Gasteiger partial charge in [0, 0.05) is 75.2 Å². The third kappa shape index (κ3) is 23.4. The number of alkyl halides is 5. The molecule has 2 aromatic heterocycles. The zero-order valence-corrected chi connectivity index (χ0v) is 45.1. The van der Waals surface area contributed by atoms with Crippen molar-refractivity contribution in [2.24, 2.45) is 0 Å². The Balaban J connectivity index is 0.000000463. The van der Waals surface area contributed by atoms with Crippen LogP contribution in [0.1, 0.15) is 88.5 Å². The first kappa shape index (κ1) is 60.2. The lowest BCUT2D eigenvalue weighted by Gasteiger charge is -2.30. The highest BCUT2D eigenvalue weighted by atomic mass is 35.6. The van der Waals surface area contributed by atoms with Gasteiger partial charge >= 0.3 is 11.4 Å². The van der Waals surface area contributed by atoms with E-state index in [1.165, 1.54) is 30.5 Å². The van der Waals surface area contributed by atoms with Crippen molar-refractivity contribution in [1.82, 2.24) is 9.97 Å². The van der Waals surface area contributed by atoms with Crippen LogP contribution in [0.5, 0.6) is 0 Å². The molecule has 5 aromatic carbocycles. The molecule has 71 heavy (non-hydrogen) atoms. The molecule has 0 saturated carbocycles. The summed E-state index contributed by atoms with van der Waals surface area (Å²) in [4.78, 5) is 41.9. The van der Waals surface area contributed by atoms with Crippen molar-refractivity contribution in [3.05, 3.63) is 183 Å². The summed E-state index contributed by atoms with van der Waals surface area (Å²) in [5, 5.41) is 14.7. The molecule has 2 heterocycles. The van der Waals surface area contributed by atoms with E-state index in [-0.39, 0.29) is 11.7 Å². The Morgan fingerprint density at radius 1 is 0.662 bits per heavy atom. The van der Waals surface area contributed by atoms with Gasteiger partial charge < -0.3 is 15.6 Å². The first-order chi connectivity index (χ1) is 34.4. The van der Waals surface area contributed by atoms with E-state index in [4.69, 9.17) is 83.2 Å². The molecule has 8 nitrogen and oxygen atoms in total. The topological polar surface area (TPSA) is 132 Å². The van der Waals surface area contributed by atoms with Crippen LogP contribution in [0.3, 0.4) is 0 Å². The number of hydrogen-bond acceptors (Lipinski definition) is 7. The zero-order valence-electron chi connectivity index (χ0n) is 42.5. The summed E-state index contributed by atoms with van der Waals surface area (Å²) in [6.07, 6.45) is 9.03. The molecule has 7 rings (SSSR count). The number of pyridine rings is 2. The van der Waals surface area contributed by atoms with Gasteiger partial charge in [0.05, 0.1) is 23.0 Å². The molecule has 0 aliphatic heterocycles. The predicted molar refractivity (Wildman–Crippen MR) is 295 cm³/mol. The Morgan fingerprint density at radius 3 is 1.45 bits per heavy atom. The van der Waals surface area contributed by atoms with Crippen LogP contribution in [0.25, 0.3) is 21.5 Å². The van der Waals surface area contributed by atoms with Crippen LogP contribution < -0.4 is 5.73 Å². The normalized spacial score (nSPS) is 11.6. The Hall–Kier alpha value is -5.07. The minimum absolute atomic E-state index is 0.0830. The third-order valence-electron chi connectivity index (χ3n) is 10.2. The second-order valence-electron chi connectivity index (χ2n) is 16.1. The van der Waals surface area contributed by atoms with Gasteiger partial charge in [0.1, 0.15) is 5.78 Å². The number of aryl methyl sites for hydroxylation is 3. The summed E-state index contributed by atoms with van der Waals surface area (Å²) in [5.74, 6) is -1.05. The largest absolute Gasteiger partial charge is 0.481 e. The number of ketones is 1. The Kier molecular flexibility index (Phi) is 27.8. The lowest BCUT2D eigenvalue weighted by molar-refractivity contribution is -0.138. The highest BCUT2D eigenvalue weighted by molar-refractivity contribution is 6.68. The molecule has 382 valence electrons. The summed E-state index contributed by atoms with van der Waals surface area (Å²) in [6.45, 7) is 13.2. The van der Waals surface area contributed by atoms with Crippen LogP contribution in [0.2, 0.25) is 10.0 Å². The van der Waals surface area contributed by atoms with E-state index in [0.717, 1.165) is 50.3 Å². The van der Waals surface area contributed by atoms with Crippen molar-refractivity contribution < 1.29 is 35.7 Å². The third-order valence-corrected chi connectivity index (χ3v) is 12.1. The second kappa shape index (κ2) is 32.8. The molecule has 0 aliphatic carbocycles. The van der Waals surface area contributed by atoms with Crippen molar-refractivity contribution in [2.75, 3.05) is 20.0 Å². The average molecular weight is 1100 g/mol. The maximum atomic E-state index is 12.7. The van der Waals surface area contributed by atoms with Gasteiger partial charge in [-0.2, -0.15) is 0 Å². The molecular formula is C55H61Cl6F2N3O5. The number of aliphatic carboxylic acids is 1. The number of halogens is 8. The van der Waals surface area contributed by atoms with Crippen LogP contribution in [-0.4, -0.2) is 56.0 Å². The van der Waals surface area contributed by atoms with E-state index in [9.17, 15) is 23.2 Å². The Labute approximate surface area is 449 Å². The smallest absolute Gasteiger partial charge is 0.404 e. The summed E-state index contributed by atoms with van der Waals surface area (Å²) >= 11 is 32.9. The minimum Gasteiger partial charge on any atom is -0.481 e. The van der Waals surface area contributed by atoms with Gasteiger partial charge in [0.15, 0.2) is 5.60 Å². The molecule has 0 saturated heterocycles. The van der Waals surface area contributed by atoms with Gasteiger partial charge in [-0.3, -0.25) is 28.3 Å². The Bertz CT molecular complexity index is 2700. The van der Waals surface area contributed by atoms with Crippen LogP contribution in [0, 0.1) is 20.8 Å². The molecule has 0 fully saturated rings. The van der Waals surface area contributed by atoms with Crippen molar-refractivity contribution in [3.8, 4) is 0 Å². The first-order valence-corrected chi connectivity index (χ1v) is 24.0. The Morgan fingerprint density at radius 2 is 1.07 bits per heavy atom. The second-order valence-corrected chi connectivity index (χ2v) is 19.5. The van der Waals surface area contributed by atoms with Crippen molar-refractivity contribution >= 4 is 114 Å². The lowest BCUT2D eigenvalue weighted by atomic mass is 9.89. The van der Waals surface area contributed by atoms with Gasteiger partial charge in [-0.1, -0.05) is 155 Å². The molecule has 16 heteroatoms. The van der Waals surface area contributed by atoms with E-state index in [1.807, 2.05) is 93.0 Å². The van der Waals surface area contributed by atoms with Gasteiger partial charge in [-0.05, 0) is 123 Å². The minimum atomic E-state index is -1.68. The quantitative estimate of drug-likeness (QED) is 0.0830. The SMILES string of the molecule is CC(C)(OC(=O)Cl)C(Cl)(Cl)Cl.CC[C@@H](C(=O)Cc1ccc2cnccc2c1)c1ccc(Cl)cc1.CC[C@@H](C(=O)O)c1ccc(Cl)cc1.Cc1cc(C)cc(C)c1.Nc1ccc2cnccc2c1.[2H]CF.[2H]CF. The average Bonchev–Trinajstić information content (AvgIpc) is 3.31. The van der Waals surface area contributed by atoms with E-state index in [2.05, 4.69) is 59.7 Å². The molecule has 0 bridgehead atoms. The maximum absolute atomic E-state index is 12.7. The van der Waals surface area contributed by atoms with Gasteiger partial charge in [0.2, 0.25) is 3.79 Å². The highest BCUT2D eigenvalue weighted by Gasteiger charge is 2.43. The summed E-state index contributed by atoms with van der Waals surface area (Å²) in [6, 6.07) is 36.9. The van der Waals surface area contributed by atoms with E-state index < -0.39 is 41.0 Å². The molecule has 0 spiro atoms. The summed E-state index contributed by atoms with van der Waals surface area (Å²) in [7, 11) is -2.00. The molecule has 0 radical (unpaired) electrons. The number of Topliss-reactive ketones (excluding diaryl/α,β-unsaturated/α-hetero) is 1. The van der Waals surface area contributed by atoms with Crippen molar-refractivity contribution in [2.45, 2.75) is 89.0 Å². The fourth-order valence-electron chi connectivity index (χ4n) is 6.72. The number of carboxylic acid groups (broad SMARTS) is 1. The number of hydrogen-bond donors (Lipinski definition) is 2. The summed E-state index contributed by atoms with van der Waals surface area (Å²) in [5.41, 5.74) is 11.1. The van der Waals surface area contributed by atoms with Gasteiger partial charge in [-0.25, -0.2) is 4.79 Å². The van der Waals surface area contributed by atoms with Crippen molar-refractivity contribution in [3.63, 3.8) is 0 Å². The molecule has 0 amide bonds. The predicted octanol–water partition coefficient (Wildman–Crippen LogP) is 17.2. The number of fused-ring (bicyclic) bond motifs is 2. The molecule has 3 N–H and O–H groups in total. The molecule has 2 atom stereocenters. The van der Waals surface area contributed by atoms with Crippen LogP contribution in [0.4, 0.5) is 19.3 Å². The number of nitrogens with two attached hydrogens (primary N) is 1. The van der Waals surface area contributed by atoms with Crippen LogP contribution in [-0.2, 0) is 20.7 Å². The van der Waals surface area contributed by atoms with Gasteiger partial charge in [-0.15, -0.1) is 0 Å². The number of aromatic nitrogens is 2. The monoisotopic (exact) mass is 1090 g/mol. The van der Waals surface area contributed by atoms with E-state index in [0.29, 0.717) is 22.9 Å². The standard InChI is InChI=1S/C20H18ClNO.C10H11ClO2.C9H8N2.C9H12.C5H6Cl4O2.2CH3F/c1-2-19(15-5-7-18(21)8-6-15)20(23)12-14-3-4-17-13-22-10-9-16(17)11-14;1-2-9(10(12)13)7-3-5-8(11)6-4-7;10-9-2-1-8-6-11-4-3-7(8)5-9;1-7-4-8(2)6-9(3)5-7;1-4(2,5(7,8)9)11-3(6)10;2*1-2/h3-11,13,19H,2,12H2,1H3;3-6,9H,2H2,1H3,(H,12,13);1-6H,10H2;4-6H,1-3H3;1-2H3;2*1H3/t19-;9-;;;;;/m11...../s1/i;;;;;2*1D. The van der Waals surface area contributed by atoms with Gasteiger partial charge in [0.25, 0.3) is 0 Å². The highest BCUT2D eigenvalue weighted by Crippen LogP contribution is 2.40. The number of carbonyl (C=O) groups excluding carboxylic acids is 2. The van der Waals surface area contributed by atoms with Crippen molar-refractivity contribution in [1.29, 1.82) is 0 Å². The number of benzene rings is 5. The fraction of sp³-hybridized carbons (Fsp3) is 0.291. The molecule has 7 aromatic rings. The van der Waals surface area contributed by atoms with E-state index in [1.54, 1.807) is 36.7 Å². The number of ether oxygens (including phenoxy) is 1. The number of carbonyl (C=O) groups is 3. The molecular weight excluding hydrogens is 1030 g/mol. The fourth-order valence-corrected chi connectivity index (χ4v) is 7.28. The zero-order chi connectivity index (χ0) is 55.3. The number of nitrogens with zero attached hydrogens (tertiary/aromatic N) is 2. The number of carboxylic acids is 1. The first-order valence-electron chi connectivity index (χ1n) is 23.2. The number of nitrogen functional groups attached to an aromatic ring is 1. The molecule has 0 aliphatic rings. The number of rotatable bonds is 9. The van der Waals surface area contributed by atoms with Crippen LogP contribution >= 0.6 is 69.6 Å². The van der Waals surface area contributed by atoms with Crippen LogP contribution in [0.15, 0.2) is 140 Å². The molecule has 0 unspecified atom stereocenters. The number of anilines is 1. The van der Waals surface area contributed by atoms with E-state index >= 15 is 0 Å². The lowest BCUT2D eigenvalue weighted by Crippen LogP contribution is -2.40. The summed E-state index contributed by atoms with van der Waals surface area (Å²) < 4.78 is 33.8. The maximum Gasteiger partial charge on any atom is 0.404 e.